The van der Waals surface area contributed by atoms with Crippen LogP contribution in [-0.4, -0.2) is 29.9 Å². The van der Waals surface area contributed by atoms with Crippen LogP contribution in [0.2, 0.25) is 0 Å². The number of benzene rings is 1. The van der Waals surface area contributed by atoms with E-state index in [-0.39, 0.29) is 36.6 Å². The van der Waals surface area contributed by atoms with Crippen LogP contribution in [0.5, 0.6) is 11.5 Å². The highest BCUT2D eigenvalue weighted by atomic mass is 16.5. The number of phenols is 1. The molecule has 1 aromatic rings. The number of rotatable bonds is 5. The number of nitrogens with one attached hydrogen (secondary N) is 2. The van der Waals surface area contributed by atoms with Crippen molar-refractivity contribution in [3.05, 3.63) is 11.6 Å². The zero-order valence-electron chi connectivity index (χ0n) is 13.9. The van der Waals surface area contributed by atoms with E-state index >= 15 is 0 Å². The molecule has 24 heavy (non-hydrogen) atoms. The maximum atomic E-state index is 11.9. The zero-order chi connectivity index (χ0) is 18.1. The number of carbonyl (C=O) groups excluding carboxylic acids is 3. The molecule has 2 rings (SSSR count). The summed E-state index contributed by atoms with van der Waals surface area (Å²) in [6.45, 7) is 3.64. The number of hydrogen-bond donors (Lipinski definition) is 4. The summed E-state index contributed by atoms with van der Waals surface area (Å²) in [7, 11) is 1.43. The number of aromatic hydroxyl groups is 1. The highest BCUT2D eigenvalue weighted by molar-refractivity contribution is 6.01. The summed E-state index contributed by atoms with van der Waals surface area (Å²) < 4.78 is 5.28. The maximum absolute atomic E-state index is 11.9. The number of nitrogens with two attached hydrogens (primary N) is 1. The van der Waals surface area contributed by atoms with Gasteiger partial charge in [0.25, 0.3) is 0 Å². The third-order valence-corrected chi connectivity index (χ3v) is 3.90. The van der Waals surface area contributed by atoms with E-state index in [9.17, 15) is 19.5 Å². The molecular weight excluding hydrogens is 314 g/mol. The van der Waals surface area contributed by atoms with E-state index in [1.165, 1.54) is 13.2 Å². The van der Waals surface area contributed by atoms with E-state index in [1.54, 1.807) is 0 Å². The average molecular weight is 335 g/mol. The summed E-state index contributed by atoms with van der Waals surface area (Å²) in [6.07, 6.45) is 0.0142. The number of ether oxygens (including phenoxy) is 1. The Kier molecular flexibility index (Phi) is 4.68. The molecule has 1 aromatic carbocycles. The van der Waals surface area contributed by atoms with E-state index in [4.69, 9.17) is 10.5 Å². The summed E-state index contributed by atoms with van der Waals surface area (Å²) in [5.74, 6) is -1.02. The molecule has 130 valence electrons. The van der Waals surface area contributed by atoms with Gasteiger partial charge in [-0.15, -0.1) is 0 Å². The molecule has 8 nitrogen and oxygen atoms in total. The van der Waals surface area contributed by atoms with Crippen LogP contribution in [-0.2, 0) is 19.8 Å². The fourth-order valence-electron chi connectivity index (χ4n) is 2.81. The summed E-state index contributed by atoms with van der Waals surface area (Å²) >= 11 is 0. The molecule has 1 aliphatic rings. The first-order valence-corrected chi connectivity index (χ1v) is 7.48. The van der Waals surface area contributed by atoms with Crippen LogP contribution >= 0.6 is 0 Å². The monoisotopic (exact) mass is 335 g/mol. The lowest BCUT2D eigenvalue weighted by Gasteiger charge is -2.34. The normalized spacial score (nSPS) is 15.2. The zero-order valence-corrected chi connectivity index (χ0v) is 13.9. The number of amides is 3. The lowest BCUT2D eigenvalue weighted by molar-refractivity contribution is -0.122. The van der Waals surface area contributed by atoms with E-state index in [0.29, 0.717) is 17.0 Å². The van der Waals surface area contributed by atoms with Crippen molar-refractivity contribution in [2.75, 3.05) is 17.7 Å². The number of primary amides is 1. The number of hydrogen-bond acceptors (Lipinski definition) is 5. The molecular formula is C16H21N3O5. The maximum Gasteiger partial charge on any atom is 0.225 e. The Morgan fingerprint density at radius 2 is 2.08 bits per heavy atom. The first kappa shape index (κ1) is 17.6. The van der Waals surface area contributed by atoms with Crippen molar-refractivity contribution in [1.29, 1.82) is 0 Å². The highest BCUT2D eigenvalue weighted by Gasteiger charge is 2.37. The van der Waals surface area contributed by atoms with Gasteiger partial charge in [0.05, 0.1) is 18.5 Å². The standard InChI is InChI=1S/C16H21N3O5/c1-16(2)7-12(22)19-14-9(24-3)6-8(15(23)13(14)16)18-11(21)5-4-10(17)20/h6,23H,4-5,7H2,1-3H3,(H2,17,20)(H,18,21)(H,19,22). The molecule has 0 fully saturated rings. The molecule has 0 atom stereocenters. The minimum atomic E-state index is -0.636. The van der Waals surface area contributed by atoms with Gasteiger partial charge in [-0.05, 0) is 0 Å². The van der Waals surface area contributed by atoms with Crippen molar-refractivity contribution in [2.24, 2.45) is 5.73 Å². The number of fused-ring (bicyclic) bond motifs is 1. The molecule has 0 aliphatic carbocycles. The van der Waals surface area contributed by atoms with Crippen molar-refractivity contribution < 1.29 is 24.2 Å². The van der Waals surface area contributed by atoms with Gasteiger partial charge in [-0.2, -0.15) is 0 Å². The predicted molar refractivity (Wildman–Crippen MR) is 88.0 cm³/mol. The molecule has 1 heterocycles. The predicted octanol–water partition coefficient (Wildman–Crippen LogP) is 1.22. The fraction of sp³-hybridized carbons (Fsp3) is 0.438. The summed E-state index contributed by atoms with van der Waals surface area (Å²) in [4.78, 5) is 34.5. The SMILES string of the molecule is COc1cc(NC(=O)CCC(N)=O)c(O)c2c1NC(=O)CC2(C)C. The smallest absolute Gasteiger partial charge is 0.225 e. The molecule has 5 N–H and O–H groups in total. The number of methoxy groups -OCH3 is 1. The van der Waals surface area contributed by atoms with Gasteiger partial charge in [-0.3, -0.25) is 14.4 Å². The summed E-state index contributed by atoms with van der Waals surface area (Å²) in [5.41, 5.74) is 5.43. The van der Waals surface area contributed by atoms with Crippen molar-refractivity contribution in [2.45, 2.75) is 38.5 Å². The second-order valence-electron chi connectivity index (χ2n) is 6.35. The van der Waals surface area contributed by atoms with Crippen molar-refractivity contribution in [1.82, 2.24) is 0 Å². The quantitative estimate of drug-likeness (QED) is 0.601. The molecule has 3 amide bonds. The van der Waals surface area contributed by atoms with Gasteiger partial charge in [-0.1, -0.05) is 13.8 Å². The van der Waals surface area contributed by atoms with Crippen molar-refractivity contribution in [3.63, 3.8) is 0 Å². The Labute approximate surface area is 139 Å². The van der Waals surface area contributed by atoms with Gasteiger partial charge in [0, 0.05) is 36.3 Å². The molecule has 0 aromatic heterocycles. The minimum absolute atomic E-state index is 0.0871. The molecule has 0 bridgehead atoms. The number of anilines is 2. The largest absolute Gasteiger partial charge is 0.505 e. The van der Waals surface area contributed by atoms with Gasteiger partial charge in [0.15, 0.2) is 0 Å². The summed E-state index contributed by atoms with van der Waals surface area (Å²) in [5, 5.41) is 15.8. The topological polar surface area (TPSA) is 131 Å². The Morgan fingerprint density at radius 1 is 1.42 bits per heavy atom. The highest BCUT2D eigenvalue weighted by Crippen LogP contribution is 2.50. The second-order valence-corrected chi connectivity index (χ2v) is 6.35. The van der Waals surface area contributed by atoms with Gasteiger partial charge in [-0.25, -0.2) is 0 Å². The lowest BCUT2D eigenvalue weighted by atomic mass is 9.77. The van der Waals surface area contributed by atoms with E-state index in [2.05, 4.69) is 10.6 Å². The molecule has 0 radical (unpaired) electrons. The van der Waals surface area contributed by atoms with Crippen LogP contribution in [0, 0.1) is 0 Å². The van der Waals surface area contributed by atoms with Gasteiger partial charge in [0.1, 0.15) is 11.5 Å². The molecule has 8 heteroatoms. The number of phenolic OH excluding ortho intramolecular Hbond substituents is 1. The van der Waals surface area contributed by atoms with Gasteiger partial charge in [0.2, 0.25) is 17.7 Å². The average Bonchev–Trinajstić information content (AvgIpc) is 2.46. The van der Waals surface area contributed by atoms with E-state index in [1.807, 2.05) is 13.8 Å². The third kappa shape index (κ3) is 3.42. The van der Waals surface area contributed by atoms with Crippen LogP contribution in [0.25, 0.3) is 0 Å². The molecule has 0 saturated heterocycles. The fourth-order valence-corrected chi connectivity index (χ4v) is 2.81. The van der Waals surface area contributed by atoms with Gasteiger partial charge < -0.3 is 26.2 Å². The molecule has 0 saturated carbocycles. The van der Waals surface area contributed by atoms with Crippen LogP contribution in [0.1, 0.15) is 38.7 Å². The van der Waals surface area contributed by atoms with E-state index in [0.717, 1.165) is 0 Å². The third-order valence-electron chi connectivity index (χ3n) is 3.90. The first-order valence-electron chi connectivity index (χ1n) is 7.48. The van der Waals surface area contributed by atoms with Crippen molar-refractivity contribution in [3.8, 4) is 11.5 Å². The molecule has 1 aliphatic heterocycles. The number of carbonyl (C=O) groups is 3. The van der Waals surface area contributed by atoms with Crippen LogP contribution in [0.3, 0.4) is 0 Å². The first-order chi connectivity index (χ1) is 11.2. The summed E-state index contributed by atoms with van der Waals surface area (Å²) in [6, 6.07) is 1.43. The van der Waals surface area contributed by atoms with Crippen LogP contribution < -0.4 is 21.1 Å². The molecule has 0 unspecified atom stereocenters. The van der Waals surface area contributed by atoms with Gasteiger partial charge >= 0.3 is 0 Å². The van der Waals surface area contributed by atoms with Crippen molar-refractivity contribution >= 4 is 29.1 Å². The molecule has 0 spiro atoms. The lowest BCUT2D eigenvalue weighted by Crippen LogP contribution is -2.33. The Hall–Kier alpha value is -2.77. The Balaban J connectivity index is 2.43. The minimum Gasteiger partial charge on any atom is -0.505 e. The van der Waals surface area contributed by atoms with Crippen LogP contribution in [0.15, 0.2) is 6.07 Å². The Bertz CT molecular complexity index is 712. The van der Waals surface area contributed by atoms with Crippen LogP contribution in [0.4, 0.5) is 11.4 Å². The Morgan fingerprint density at radius 3 is 2.67 bits per heavy atom. The van der Waals surface area contributed by atoms with E-state index < -0.39 is 17.2 Å². The second kappa shape index (κ2) is 6.38.